The first-order valence-electron chi connectivity index (χ1n) is 5.93. The average Bonchev–Trinajstić information content (AvgIpc) is 2.50. The fourth-order valence-corrected chi connectivity index (χ4v) is 2.53. The van der Waals surface area contributed by atoms with E-state index in [0.717, 1.165) is 11.1 Å². The highest BCUT2D eigenvalue weighted by Crippen LogP contribution is 2.31. The molecule has 1 heterocycles. The summed E-state index contributed by atoms with van der Waals surface area (Å²) >= 11 is 6.23. The number of carboxylic acids is 1. The van der Waals surface area contributed by atoms with Gasteiger partial charge >= 0.3 is 5.97 Å². The third-order valence-corrected chi connectivity index (χ3v) is 3.31. The summed E-state index contributed by atoms with van der Waals surface area (Å²) in [5.74, 6) is -0.570. The second-order valence-electron chi connectivity index (χ2n) is 5.00. The van der Waals surface area contributed by atoms with Crippen LogP contribution in [0.25, 0.3) is 10.9 Å². The molecule has 96 valence electrons. The molecule has 18 heavy (non-hydrogen) atoms. The van der Waals surface area contributed by atoms with E-state index in [1.165, 1.54) is 0 Å². The SMILES string of the molecule is Cc1ccc2c(c1)c(C(=O)O)c(Cl)n2CC(C)C. The average molecular weight is 266 g/mol. The molecule has 0 aliphatic rings. The Labute approximate surface area is 111 Å². The Morgan fingerprint density at radius 1 is 1.44 bits per heavy atom. The monoisotopic (exact) mass is 265 g/mol. The molecule has 1 N–H and O–H groups in total. The summed E-state index contributed by atoms with van der Waals surface area (Å²) in [7, 11) is 0. The molecule has 2 rings (SSSR count). The first kappa shape index (κ1) is 13.0. The molecule has 0 aliphatic heterocycles. The molecule has 0 amide bonds. The van der Waals surface area contributed by atoms with Crippen molar-refractivity contribution in [2.24, 2.45) is 5.92 Å². The molecule has 0 spiro atoms. The highest BCUT2D eigenvalue weighted by Gasteiger charge is 2.21. The molecule has 0 aliphatic carbocycles. The van der Waals surface area contributed by atoms with Crippen LogP contribution in [0, 0.1) is 12.8 Å². The van der Waals surface area contributed by atoms with Gasteiger partial charge in [-0.25, -0.2) is 4.79 Å². The van der Waals surface area contributed by atoms with Gasteiger partial charge in [-0.1, -0.05) is 37.1 Å². The zero-order valence-corrected chi connectivity index (χ0v) is 11.5. The molecule has 0 atom stereocenters. The van der Waals surface area contributed by atoms with E-state index in [4.69, 9.17) is 11.6 Å². The number of hydrogen-bond acceptors (Lipinski definition) is 1. The van der Waals surface area contributed by atoms with Crippen molar-refractivity contribution in [3.05, 3.63) is 34.5 Å². The van der Waals surface area contributed by atoms with Gasteiger partial charge in [0, 0.05) is 11.9 Å². The minimum Gasteiger partial charge on any atom is -0.478 e. The Bertz CT molecular complexity index is 614. The van der Waals surface area contributed by atoms with E-state index in [9.17, 15) is 9.90 Å². The number of carboxylic acid groups (broad SMARTS) is 1. The van der Waals surface area contributed by atoms with Crippen LogP contribution >= 0.6 is 11.6 Å². The maximum Gasteiger partial charge on any atom is 0.339 e. The predicted molar refractivity (Wildman–Crippen MR) is 73.5 cm³/mol. The first-order valence-corrected chi connectivity index (χ1v) is 6.31. The van der Waals surface area contributed by atoms with Gasteiger partial charge in [0.15, 0.2) is 0 Å². The summed E-state index contributed by atoms with van der Waals surface area (Å²) < 4.78 is 1.88. The van der Waals surface area contributed by atoms with E-state index in [1.54, 1.807) is 0 Å². The van der Waals surface area contributed by atoms with E-state index in [0.29, 0.717) is 23.0 Å². The van der Waals surface area contributed by atoms with Gasteiger partial charge in [0.05, 0.1) is 5.52 Å². The highest BCUT2D eigenvalue weighted by molar-refractivity contribution is 6.35. The lowest BCUT2D eigenvalue weighted by atomic mass is 10.1. The van der Waals surface area contributed by atoms with Crippen LogP contribution in [0.2, 0.25) is 5.15 Å². The summed E-state index contributed by atoms with van der Waals surface area (Å²) in [6.07, 6.45) is 0. The molecule has 1 aromatic carbocycles. The van der Waals surface area contributed by atoms with Crippen molar-refractivity contribution in [1.29, 1.82) is 0 Å². The van der Waals surface area contributed by atoms with Gasteiger partial charge < -0.3 is 9.67 Å². The van der Waals surface area contributed by atoms with Crippen molar-refractivity contribution in [1.82, 2.24) is 4.57 Å². The number of carbonyl (C=O) groups is 1. The van der Waals surface area contributed by atoms with E-state index in [-0.39, 0.29) is 5.56 Å². The van der Waals surface area contributed by atoms with Gasteiger partial charge in [-0.05, 0) is 25.0 Å². The summed E-state index contributed by atoms with van der Waals surface area (Å²) in [6, 6.07) is 5.79. The topological polar surface area (TPSA) is 42.2 Å². The minimum atomic E-state index is -0.974. The minimum absolute atomic E-state index is 0.205. The number of benzene rings is 1. The number of halogens is 1. The predicted octanol–water partition coefficient (Wildman–Crippen LogP) is 3.96. The lowest BCUT2D eigenvalue weighted by Gasteiger charge is -2.09. The summed E-state index contributed by atoms with van der Waals surface area (Å²) in [4.78, 5) is 11.3. The maximum absolute atomic E-state index is 11.3. The van der Waals surface area contributed by atoms with Crippen LogP contribution in [0.15, 0.2) is 18.2 Å². The third kappa shape index (κ3) is 2.10. The largest absolute Gasteiger partial charge is 0.478 e. The molecular weight excluding hydrogens is 250 g/mol. The smallest absolute Gasteiger partial charge is 0.339 e. The number of fused-ring (bicyclic) bond motifs is 1. The van der Waals surface area contributed by atoms with Gasteiger partial charge in [-0.15, -0.1) is 0 Å². The molecule has 1 aromatic heterocycles. The van der Waals surface area contributed by atoms with Crippen molar-refractivity contribution in [2.45, 2.75) is 27.3 Å². The zero-order chi connectivity index (χ0) is 13.4. The standard InChI is InChI=1S/C14H16ClNO2/c1-8(2)7-16-11-5-4-9(3)6-10(11)12(13(16)15)14(17)18/h4-6,8H,7H2,1-3H3,(H,17,18). The molecular formula is C14H16ClNO2. The van der Waals surface area contributed by atoms with Gasteiger partial charge in [0.2, 0.25) is 0 Å². The van der Waals surface area contributed by atoms with Crippen molar-refractivity contribution in [3.63, 3.8) is 0 Å². The van der Waals surface area contributed by atoms with Crippen molar-refractivity contribution >= 4 is 28.5 Å². The van der Waals surface area contributed by atoms with Crippen LogP contribution in [-0.2, 0) is 6.54 Å². The van der Waals surface area contributed by atoms with E-state index in [2.05, 4.69) is 13.8 Å². The van der Waals surface area contributed by atoms with Crippen LogP contribution < -0.4 is 0 Å². The summed E-state index contributed by atoms with van der Waals surface area (Å²) in [5, 5.41) is 10.3. The van der Waals surface area contributed by atoms with Crippen LogP contribution in [-0.4, -0.2) is 15.6 Å². The Morgan fingerprint density at radius 3 is 2.67 bits per heavy atom. The number of aromatic carboxylic acids is 1. The zero-order valence-electron chi connectivity index (χ0n) is 10.7. The van der Waals surface area contributed by atoms with Gasteiger partial charge in [0.25, 0.3) is 0 Å². The van der Waals surface area contributed by atoms with Crippen LogP contribution in [0.3, 0.4) is 0 Å². The number of aromatic nitrogens is 1. The van der Waals surface area contributed by atoms with E-state index in [1.807, 2.05) is 29.7 Å². The van der Waals surface area contributed by atoms with Crippen LogP contribution in [0.5, 0.6) is 0 Å². The Balaban J connectivity index is 2.78. The van der Waals surface area contributed by atoms with Gasteiger partial charge in [-0.2, -0.15) is 0 Å². The number of rotatable bonds is 3. The highest BCUT2D eigenvalue weighted by atomic mass is 35.5. The summed E-state index contributed by atoms with van der Waals surface area (Å²) in [5.41, 5.74) is 2.12. The van der Waals surface area contributed by atoms with Gasteiger partial charge in [-0.3, -0.25) is 0 Å². The van der Waals surface area contributed by atoms with Crippen molar-refractivity contribution in [2.75, 3.05) is 0 Å². The normalized spacial score (nSPS) is 11.4. The van der Waals surface area contributed by atoms with E-state index < -0.39 is 5.97 Å². The molecule has 0 saturated heterocycles. The molecule has 0 bridgehead atoms. The second kappa shape index (κ2) is 4.65. The lowest BCUT2D eigenvalue weighted by Crippen LogP contribution is -2.05. The number of nitrogens with zero attached hydrogens (tertiary/aromatic N) is 1. The van der Waals surface area contributed by atoms with Crippen LogP contribution in [0.4, 0.5) is 0 Å². The van der Waals surface area contributed by atoms with Gasteiger partial charge in [0.1, 0.15) is 10.7 Å². The lowest BCUT2D eigenvalue weighted by molar-refractivity contribution is 0.0699. The Kier molecular flexibility index (Phi) is 3.35. The molecule has 0 saturated carbocycles. The second-order valence-corrected chi connectivity index (χ2v) is 5.35. The number of hydrogen-bond donors (Lipinski definition) is 1. The number of aryl methyl sites for hydroxylation is 1. The van der Waals surface area contributed by atoms with Crippen molar-refractivity contribution < 1.29 is 9.90 Å². The van der Waals surface area contributed by atoms with Crippen molar-refractivity contribution in [3.8, 4) is 0 Å². The molecule has 4 heteroatoms. The maximum atomic E-state index is 11.3. The molecule has 0 unspecified atom stereocenters. The molecule has 0 radical (unpaired) electrons. The fraction of sp³-hybridized carbons (Fsp3) is 0.357. The fourth-order valence-electron chi connectivity index (χ4n) is 2.18. The third-order valence-electron chi connectivity index (χ3n) is 2.92. The Morgan fingerprint density at radius 2 is 2.11 bits per heavy atom. The first-order chi connectivity index (χ1) is 8.41. The molecule has 0 fully saturated rings. The quantitative estimate of drug-likeness (QED) is 0.913. The molecule has 3 nitrogen and oxygen atoms in total. The molecule has 2 aromatic rings. The summed E-state index contributed by atoms with van der Waals surface area (Å²) in [6.45, 7) is 6.82. The van der Waals surface area contributed by atoms with E-state index >= 15 is 0 Å². The van der Waals surface area contributed by atoms with Crippen LogP contribution in [0.1, 0.15) is 29.8 Å². The Hall–Kier alpha value is -1.48.